The van der Waals surface area contributed by atoms with Gasteiger partial charge in [-0.2, -0.15) is 0 Å². The maximum absolute atomic E-state index is 5.43. The average Bonchev–Trinajstić information content (AvgIpc) is 2.61. The first kappa shape index (κ1) is 12.6. The van der Waals surface area contributed by atoms with E-state index in [1.807, 2.05) is 11.3 Å². The molecule has 1 aromatic heterocycles. The summed E-state index contributed by atoms with van der Waals surface area (Å²) in [4.78, 5) is 2.81. The van der Waals surface area contributed by atoms with E-state index in [0.717, 1.165) is 26.1 Å². The number of hydrogen-bond donors (Lipinski definition) is 1. The van der Waals surface area contributed by atoms with Crippen molar-refractivity contribution in [3.8, 4) is 0 Å². The van der Waals surface area contributed by atoms with Crippen LogP contribution in [0.5, 0.6) is 0 Å². The van der Waals surface area contributed by atoms with Gasteiger partial charge in [-0.05, 0) is 54.7 Å². The van der Waals surface area contributed by atoms with Gasteiger partial charge in [0.25, 0.3) is 0 Å². The molecule has 1 unspecified atom stereocenters. The number of rotatable bonds is 3. The van der Waals surface area contributed by atoms with Crippen LogP contribution in [-0.2, 0) is 4.74 Å². The Hall–Kier alpha value is 0.1000. The highest BCUT2D eigenvalue weighted by Crippen LogP contribution is 2.38. The largest absolute Gasteiger partial charge is 0.381 e. The SMILES string of the molecule is CNC(c1sc(C)cc1Br)C1CCOCC1. The van der Waals surface area contributed by atoms with Gasteiger partial charge in [-0.3, -0.25) is 0 Å². The zero-order chi connectivity index (χ0) is 11.5. The molecule has 2 nitrogen and oxygen atoms in total. The van der Waals surface area contributed by atoms with E-state index in [-0.39, 0.29) is 0 Å². The van der Waals surface area contributed by atoms with Gasteiger partial charge >= 0.3 is 0 Å². The number of nitrogens with one attached hydrogen (secondary N) is 1. The highest BCUT2D eigenvalue weighted by Gasteiger charge is 2.26. The van der Waals surface area contributed by atoms with Gasteiger partial charge in [-0.15, -0.1) is 11.3 Å². The van der Waals surface area contributed by atoms with Crippen LogP contribution in [0.2, 0.25) is 0 Å². The van der Waals surface area contributed by atoms with Crippen molar-refractivity contribution in [2.75, 3.05) is 20.3 Å². The lowest BCUT2D eigenvalue weighted by molar-refractivity contribution is 0.0550. The molecule has 1 saturated heterocycles. The molecule has 0 amide bonds. The van der Waals surface area contributed by atoms with E-state index in [0.29, 0.717) is 12.0 Å². The summed E-state index contributed by atoms with van der Waals surface area (Å²) in [6, 6.07) is 2.68. The maximum atomic E-state index is 5.43. The monoisotopic (exact) mass is 303 g/mol. The van der Waals surface area contributed by atoms with Crippen molar-refractivity contribution >= 4 is 27.3 Å². The van der Waals surface area contributed by atoms with Gasteiger partial charge in [0.05, 0.1) is 0 Å². The van der Waals surface area contributed by atoms with Gasteiger partial charge in [0.1, 0.15) is 0 Å². The molecule has 1 fully saturated rings. The first-order valence-corrected chi connectivity index (χ1v) is 7.34. The summed E-state index contributed by atoms with van der Waals surface area (Å²) in [5.74, 6) is 0.702. The number of halogens is 1. The van der Waals surface area contributed by atoms with Crippen LogP contribution in [0, 0.1) is 12.8 Å². The highest BCUT2D eigenvalue weighted by atomic mass is 79.9. The van der Waals surface area contributed by atoms with Gasteiger partial charge in [0.15, 0.2) is 0 Å². The lowest BCUT2D eigenvalue weighted by Crippen LogP contribution is -2.29. The lowest BCUT2D eigenvalue weighted by atomic mass is 9.91. The Morgan fingerprint density at radius 3 is 2.69 bits per heavy atom. The second-order valence-corrected chi connectivity index (χ2v) is 6.43. The van der Waals surface area contributed by atoms with Crippen LogP contribution in [0.1, 0.15) is 28.6 Å². The van der Waals surface area contributed by atoms with Crippen LogP contribution in [0.4, 0.5) is 0 Å². The van der Waals surface area contributed by atoms with Crippen molar-refractivity contribution in [3.05, 3.63) is 20.3 Å². The summed E-state index contributed by atoms with van der Waals surface area (Å²) in [5.41, 5.74) is 0. The Morgan fingerprint density at radius 2 is 2.19 bits per heavy atom. The summed E-state index contributed by atoms with van der Waals surface area (Å²) < 4.78 is 6.68. The number of hydrogen-bond acceptors (Lipinski definition) is 3. The van der Waals surface area contributed by atoms with Crippen molar-refractivity contribution in [2.45, 2.75) is 25.8 Å². The van der Waals surface area contributed by atoms with Crippen LogP contribution >= 0.6 is 27.3 Å². The third-order valence-corrected chi connectivity index (χ3v) is 5.22. The molecule has 0 spiro atoms. The standard InChI is InChI=1S/C12H18BrNOS/c1-8-7-10(13)12(16-8)11(14-2)9-3-5-15-6-4-9/h7,9,11,14H,3-6H2,1-2H3. The molecule has 1 aliphatic heterocycles. The molecule has 1 atom stereocenters. The van der Waals surface area contributed by atoms with Crippen LogP contribution < -0.4 is 5.32 Å². The molecule has 2 rings (SSSR count). The van der Waals surface area contributed by atoms with E-state index in [9.17, 15) is 0 Å². The van der Waals surface area contributed by atoms with E-state index < -0.39 is 0 Å². The first-order valence-electron chi connectivity index (χ1n) is 5.73. The predicted octanol–water partition coefficient (Wildman–Crippen LogP) is 3.51. The predicted molar refractivity (Wildman–Crippen MR) is 72.1 cm³/mol. The Labute approximate surface area is 110 Å². The van der Waals surface area contributed by atoms with Crippen molar-refractivity contribution in [2.24, 2.45) is 5.92 Å². The minimum atomic E-state index is 0.469. The number of aryl methyl sites for hydroxylation is 1. The van der Waals surface area contributed by atoms with Crippen molar-refractivity contribution < 1.29 is 4.74 Å². The Balaban J connectivity index is 2.17. The fourth-order valence-electron chi connectivity index (χ4n) is 2.34. The van der Waals surface area contributed by atoms with Gasteiger partial charge in [0, 0.05) is 33.5 Å². The summed E-state index contributed by atoms with van der Waals surface area (Å²) in [5, 5.41) is 3.47. The summed E-state index contributed by atoms with van der Waals surface area (Å²) >= 11 is 5.55. The average molecular weight is 304 g/mol. The first-order chi connectivity index (χ1) is 7.72. The Morgan fingerprint density at radius 1 is 1.50 bits per heavy atom. The minimum absolute atomic E-state index is 0.469. The molecule has 0 aliphatic carbocycles. The fraction of sp³-hybridized carbons (Fsp3) is 0.667. The number of thiophene rings is 1. The fourth-order valence-corrected chi connectivity index (χ4v) is 4.44. The summed E-state index contributed by atoms with van der Waals surface area (Å²) in [6.45, 7) is 3.98. The molecule has 0 aromatic carbocycles. The second kappa shape index (κ2) is 5.63. The van der Waals surface area contributed by atoms with Crippen molar-refractivity contribution in [3.63, 3.8) is 0 Å². The normalized spacial score (nSPS) is 19.9. The van der Waals surface area contributed by atoms with E-state index in [2.05, 4.69) is 41.3 Å². The molecule has 0 radical (unpaired) electrons. The molecule has 1 N–H and O–H groups in total. The van der Waals surface area contributed by atoms with Crippen LogP contribution in [-0.4, -0.2) is 20.3 Å². The zero-order valence-corrected chi connectivity index (χ0v) is 12.2. The second-order valence-electron chi connectivity index (χ2n) is 4.29. The van der Waals surface area contributed by atoms with Crippen LogP contribution in [0.25, 0.3) is 0 Å². The number of ether oxygens (including phenoxy) is 1. The maximum Gasteiger partial charge on any atom is 0.0469 e. The van der Waals surface area contributed by atoms with Crippen molar-refractivity contribution in [1.82, 2.24) is 5.32 Å². The Bertz CT molecular complexity index is 347. The molecule has 1 aliphatic rings. The molecule has 4 heteroatoms. The van der Waals surface area contributed by atoms with E-state index in [1.165, 1.54) is 14.2 Å². The minimum Gasteiger partial charge on any atom is -0.381 e. The molecule has 1 aromatic rings. The third kappa shape index (κ3) is 2.67. The Kier molecular flexibility index (Phi) is 4.41. The van der Waals surface area contributed by atoms with Crippen molar-refractivity contribution in [1.29, 1.82) is 0 Å². The summed E-state index contributed by atoms with van der Waals surface area (Å²) in [6.07, 6.45) is 2.32. The molecular formula is C12H18BrNOS. The van der Waals surface area contributed by atoms with E-state index >= 15 is 0 Å². The highest BCUT2D eigenvalue weighted by molar-refractivity contribution is 9.10. The van der Waals surface area contributed by atoms with Gasteiger partial charge < -0.3 is 10.1 Å². The van der Waals surface area contributed by atoms with E-state index in [4.69, 9.17) is 4.74 Å². The van der Waals surface area contributed by atoms with Gasteiger partial charge in [-0.1, -0.05) is 0 Å². The molecular weight excluding hydrogens is 286 g/mol. The van der Waals surface area contributed by atoms with Crippen LogP contribution in [0.15, 0.2) is 10.5 Å². The van der Waals surface area contributed by atoms with Gasteiger partial charge in [-0.25, -0.2) is 0 Å². The topological polar surface area (TPSA) is 21.3 Å². The molecule has 0 bridgehead atoms. The third-order valence-electron chi connectivity index (χ3n) is 3.17. The quantitative estimate of drug-likeness (QED) is 0.923. The van der Waals surface area contributed by atoms with E-state index in [1.54, 1.807) is 0 Å². The molecule has 2 heterocycles. The molecule has 16 heavy (non-hydrogen) atoms. The summed E-state index contributed by atoms with van der Waals surface area (Å²) in [7, 11) is 2.06. The zero-order valence-electron chi connectivity index (χ0n) is 9.75. The molecule has 90 valence electrons. The molecule has 0 saturated carbocycles. The lowest BCUT2D eigenvalue weighted by Gasteiger charge is -2.29. The van der Waals surface area contributed by atoms with Gasteiger partial charge in [0.2, 0.25) is 0 Å². The van der Waals surface area contributed by atoms with Crippen LogP contribution in [0.3, 0.4) is 0 Å². The smallest absolute Gasteiger partial charge is 0.0469 e.